The van der Waals surface area contributed by atoms with E-state index < -0.39 is 0 Å². The van der Waals surface area contributed by atoms with Gasteiger partial charge in [0.05, 0.1) is 6.61 Å². The second-order valence-electron chi connectivity index (χ2n) is 5.64. The van der Waals surface area contributed by atoms with Gasteiger partial charge in [-0.3, -0.25) is 0 Å². The molecule has 0 aromatic heterocycles. The van der Waals surface area contributed by atoms with Crippen LogP contribution in [0.3, 0.4) is 0 Å². The van der Waals surface area contributed by atoms with E-state index in [9.17, 15) is 0 Å². The number of nitrogens with one attached hydrogen (secondary N) is 1. The highest BCUT2D eigenvalue weighted by Crippen LogP contribution is 2.33. The minimum Gasteiger partial charge on any atom is -0.380 e. The van der Waals surface area contributed by atoms with Gasteiger partial charge in [-0.2, -0.15) is 0 Å². The van der Waals surface area contributed by atoms with Crippen molar-refractivity contribution in [2.75, 3.05) is 13.2 Å². The molecular formula is C16H23NO. The maximum atomic E-state index is 5.48. The summed E-state index contributed by atoms with van der Waals surface area (Å²) >= 11 is 0. The molecule has 1 aliphatic carbocycles. The third-order valence-corrected chi connectivity index (χ3v) is 4.37. The molecule has 0 amide bonds. The fraction of sp³-hybridized carbons (Fsp3) is 0.625. The van der Waals surface area contributed by atoms with Crippen LogP contribution in [0, 0.1) is 0 Å². The Hall–Kier alpha value is -0.860. The van der Waals surface area contributed by atoms with E-state index in [1.54, 1.807) is 0 Å². The highest BCUT2D eigenvalue weighted by molar-refractivity contribution is 5.22. The zero-order chi connectivity index (χ0) is 12.2. The van der Waals surface area contributed by atoms with Crippen molar-refractivity contribution in [2.24, 2.45) is 0 Å². The zero-order valence-electron chi connectivity index (χ0n) is 11.0. The summed E-state index contributed by atoms with van der Waals surface area (Å²) in [5.74, 6) is 0.695. The quantitative estimate of drug-likeness (QED) is 0.883. The molecule has 1 aliphatic heterocycles. The fourth-order valence-electron chi connectivity index (χ4n) is 3.40. The fourth-order valence-corrected chi connectivity index (χ4v) is 3.40. The van der Waals surface area contributed by atoms with Gasteiger partial charge < -0.3 is 10.1 Å². The van der Waals surface area contributed by atoms with Crippen LogP contribution in [-0.4, -0.2) is 25.3 Å². The number of hydrogen-bond acceptors (Lipinski definition) is 2. The molecule has 0 spiro atoms. The molecule has 0 bridgehead atoms. The third-order valence-electron chi connectivity index (χ3n) is 4.37. The second kappa shape index (κ2) is 5.85. The smallest absolute Gasteiger partial charge is 0.0620 e. The lowest BCUT2D eigenvalue weighted by atomic mass is 9.79. The van der Waals surface area contributed by atoms with E-state index in [4.69, 9.17) is 4.74 Å². The van der Waals surface area contributed by atoms with Gasteiger partial charge in [-0.1, -0.05) is 43.2 Å². The first-order valence-corrected chi connectivity index (χ1v) is 7.32. The minimum atomic E-state index is 0.583. The average molecular weight is 245 g/mol. The lowest BCUT2D eigenvalue weighted by Crippen LogP contribution is -2.43. The lowest BCUT2D eigenvalue weighted by molar-refractivity contribution is 0.184. The highest BCUT2D eigenvalue weighted by atomic mass is 16.5. The zero-order valence-corrected chi connectivity index (χ0v) is 11.0. The normalized spacial score (nSPS) is 32.6. The van der Waals surface area contributed by atoms with Gasteiger partial charge in [-0.25, -0.2) is 0 Å². The number of ether oxygens (including phenoxy) is 1. The van der Waals surface area contributed by atoms with Crippen LogP contribution in [0.25, 0.3) is 0 Å². The molecule has 3 atom stereocenters. The van der Waals surface area contributed by atoms with E-state index in [1.807, 2.05) is 0 Å². The number of hydrogen-bond donors (Lipinski definition) is 1. The van der Waals surface area contributed by atoms with Gasteiger partial charge in [0.25, 0.3) is 0 Å². The van der Waals surface area contributed by atoms with E-state index in [1.165, 1.54) is 37.7 Å². The predicted molar refractivity (Wildman–Crippen MR) is 73.8 cm³/mol. The van der Waals surface area contributed by atoms with Crippen LogP contribution in [0.1, 0.15) is 43.6 Å². The number of rotatable bonds is 3. The predicted octanol–water partition coefficient (Wildman–Crippen LogP) is 3.09. The molecule has 0 radical (unpaired) electrons. The molecule has 3 unspecified atom stereocenters. The monoisotopic (exact) mass is 245 g/mol. The van der Waals surface area contributed by atoms with Gasteiger partial charge in [0.1, 0.15) is 0 Å². The molecule has 1 aromatic carbocycles. The summed E-state index contributed by atoms with van der Waals surface area (Å²) in [7, 11) is 0. The van der Waals surface area contributed by atoms with Crippen molar-refractivity contribution in [3.8, 4) is 0 Å². The Morgan fingerprint density at radius 1 is 1.00 bits per heavy atom. The molecule has 2 fully saturated rings. The maximum Gasteiger partial charge on any atom is 0.0620 e. The van der Waals surface area contributed by atoms with E-state index in [-0.39, 0.29) is 0 Å². The SMILES string of the molecule is c1ccc(C2CCCCC2NC2CCOC2)cc1. The Morgan fingerprint density at radius 2 is 1.83 bits per heavy atom. The summed E-state index contributed by atoms with van der Waals surface area (Å²) in [5, 5.41) is 3.84. The first kappa shape index (κ1) is 12.2. The summed E-state index contributed by atoms with van der Waals surface area (Å²) in [4.78, 5) is 0. The van der Waals surface area contributed by atoms with E-state index in [0.717, 1.165) is 13.2 Å². The summed E-state index contributed by atoms with van der Waals surface area (Å²) in [6, 6.07) is 12.2. The Balaban J connectivity index is 1.69. The molecule has 1 saturated carbocycles. The molecular weight excluding hydrogens is 222 g/mol. The standard InChI is InChI=1S/C16H23NO/c1-2-6-13(7-3-1)15-8-4-5-9-16(15)17-14-10-11-18-12-14/h1-3,6-7,14-17H,4-5,8-12H2. The van der Waals surface area contributed by atoms with Gasteiger partial charge in [0, 0.05) is 18.7 Å². The van der Waals surface area contributed by atoms with Crippen molar-refractivity contribution in [3.05, 3.63) is 35.9 Å². The van der Waals surface area contributed by atoms with Gasteiger partial charge >= 0.3 is 0 Å². The first-order valence-electron chi connectivity index (χ1n) is 7.32. The van der Waals surface area contributed by atoms with Crippen LogP contribution in [0.5, 0.6) is 0 Å². The van der Waals surface area contributed by atoms with Crippen molar-refractivity contribution < 1.29 is 4.74 Å². The lowest BCUT2D eigenvalue weighted by Gasteiger charge is -2.34. The molecule has 98 valence electrons. The minimum absolute atomic E-state index is 0.583. The molecule has 3 rings (SSSR count). The van der Waals surface area contributed by atoms with Crippen LogP contribution in [0.4, 0.5) is 0 Å². The topological polar surface area (TPSA) is 21.3 Å². The summed E-state index contributed by atoms with van der Waals surface area (Å²) < 4.78 is 5.48. The Morgan fingerprint density at radius 3 is 2.61 bits per heavy atom. The summed E-state index contributed by atoms with van der Waals surface area (Å²) in [5.41, 5.74) is 1.51. The molecule has 2 nitrogen and oxygen atoms in total. The first-order chi connectivity index (χ1) is 8.93. The Labute approximate surface area is 110 Å². The average Bonchev–Trinajstić information content (AvgIpc) is 2.93. The highest BCUT2D eigenvalue weighted by Gasteiger charge is 2.29. The number of benzene rings is 1. The second-order valence-corrected chi connectivity index (χ2v) is 5.64. The molecule has 1 saturated heterocycles. The van der Waals surface area contributed by atoms with E-state index in [0.29, 0.717) is 18.0 Å². The summed E-state index contributed by atoms with van der Waals surface area (Å²) in [6.45, 7) is 1.83. The summed E-state index contributed by atoms with van der Waals surface area (Å²) in [6.07, 6.45) is 6.57. The van der Waals surface area contributed by atoms with E-state index in [2.05, 4.69) is 35.6 Å². The Kier molecular flexibility index (Phi) is 3.96. The van der Waals surface area contributed by atoms with Gasteiger partial charge in [0.2, 0.25) is 0 Å². The van der Waals surface area contributed by atoms with Crippen LogP contribution in [0.2, 0.25) is 0 Å². The molecule has 18 heavy (non-hydrogen) atoms. The molecule has 1 heterocycles. The van der Waals surface area contributed by atoms with Crippen LogP contribution in [0.15, 0.2) is 30.3 Å². The van der Waals surface area contributed by atoms with E-state index >= 15 is 0 Å². The van der Waals surface area contributed by atoms with Crippen LogP contribution in [-0.2, 0) is 4.74 Å². The maximum absolute atomic E-state index is 5.48. The van der Waals surface area contributed by atoms with Crippen molar-refractivity contribution >= 4 is 0 Å². The largest absolute Gasteiger partial charge is 0.380 e. The molecule has 1 aromatic rings. The molecule has 2 heteroatoms. The molecule has 1 N–H and O–H groups in total. The van der Waals surface area contributed by atoms with Gasteiger partial charge in [-0.05, 0) is 30.7 Å². The van der Waals surface area contributed by atoms with Crippen molar-refractivity contribution in [3.63, 3.8) is 0 Å². The molecule has 2 aliphatic rings. The van der Waals surface area contributed by atoms with Gasteiger partial charge in [0.15, 0.2) is 0 Å². The van der Waals surface area contributed by atoms with Crippen molar-refractivity contribution in [1.82, 2.24) is 5.32 Å². The van der Waals surface area contributed by atoms with Gasteiger partial charge in [-0.15, -0.1) is 0 Å². The van der Waals surface area contributed by atoms with Crippen molar-refractivity contribution in [2.45, 2.75) is 50.1 Å². The Bertz CT molecular complexity index is 359. The van der Waals surface area contributed by atoms with Crippen LogP contribution < -0.4 is 5.32 Å². The third kappa shape index (κ3) is 2.76. The van der Waals surface area contributed by atoms with Crippen molar-refractivity contribution in [1.29, 1.82) is 0 Å². The van der Waals surface area contributed by atoms with Crippen LogP contribution >= 0.6 is 0 Å².